The maximum atomic E-state index is 13.0. The molecule has 0 aromatic carbocycles. The number of rotatable bonds is 6. The molecule has 13 nitrogen and oxygen atoms in total. The lowest BCUT2D eigenvalue weighted by Gasteiger charge is -2.41. The van der Waals surface area contributed by atoms with E-state index in [4.69, 9.17) is 18.9 Å². The number of fused-ring (bicyclic) bond motifs is 1. The molecular formula is C20H25BrN4O9. The van der Waals surface area contributed by atoms with Gasteiger partial charge in [-0.25, -0.2) is 9.78 Å². The van der Waals surface area contributed by atoms with Gasteiger partial charge in [-0.2, -0.15) is 0 Å². The van der Waals surface area contributed by atoms with Crippen molar-refractivity contribution in [2.24, 2.45) is 0 Å². The van der Waals surface area contributed by atoms with Gasteiger partial charge in [0.1, 0.15) is 0 Å². The van der Waals surface area contributed by atoms with Crippen molar-refractivity contribution < 1.29 is 33.3 Å². The Morgan fingerprint density at radius 2 is 1.53 bits per heavy atom. The van der Waals surface area contributed by atoms with E-state index in [1.807, 2.05) is 0 Å². The topological polar surface area (TPSA) is 150 Å². The average molecular weight is 545 g/mol. The predicted octanol–water partition coefficient (Wildman–Crippen LogP) is 0.486. The van der Waals surface area contributed by atoms with E-state index in [2.05, 4.69) is 20.9 Å². The van der Waals surface area contributed by atoms with Gasteiger partial charge in [-0.15, -0.1) is 0 Å². The first-order valence-electron chi connectivity index (χ1n) is 10.6. The van der Waals surface area contributed by atoms with E-state index in [1.54, 1.807) is 13.8 Å². The minimum absolute atomic E-state index is 0.00787. The highest BCUT2D eigenvalue weighted by atomic mass is 79.9. The summed E-state index contributed by atoms with van der Waals surface area (Å²) in [6.07, 6.45) is -4.79. The van der Waals surface area contributed by atoms with Crippen LogP contribution in [-0.2, 0) is 46.4 Å². The molecule has 3 rings (SSSR count). The zero-order valence-corrected chi connectivity index (χ0v) is 20.9. The van der Waals surface area contributed by atoms with Crippen LogP contribution in [0.1, 0.15) is 40.8 Å². The molecule has 1 aliphatic heterocycles. The van der Waals surface area contributed by atoms with E-state index in [1.165, 1.54) is 16.1 Å². The number of nitrogens with zero attached hydrogens (tertiary/aromatic N) is 4. The molecule has 14 heteroatoms. The summed E-state index contributed by atoms with van der Waals surface area (Å²) in [6, 6.07) is 0. The minimum atomic E-state index is -1.30. The molecule has 2 aromatic heterocycles. The van der Waals surface area contributed by atoms with Gasteiger partial charge in [0.25, 0.3) is 5.56 Å². The molecule has 1 saturated heterocycles. The molecule has 2 aromatic rings. The zero-order valence-electron chi connectivity index (χ0n) is 19.3. The molecule has 1 fully saturated rings. The van der Waals surface area contributed by atoms with Crippen molar-refractivity contribution in [1.29, 1.82) is 0 Å². The van der Waals surface area contributed by atoms with Crippen LogP contribution in [0.25, 0.3) is 11.2 Å². The smallest absolute Gasteiger partial charge is 0.332 e. The molecule has 0 aliphatic carbocycles. The fourth-order valence-corrected chi connectivity index (χ4v) is 4.53. The molecule has 0 N–H and O–H groups in total. The van der Waals surface area contributed by atoms with Crippen molar-refractivity contribution in [2.75, 3.05) is 6.61 Å². The number of aromatic nitrogens is 4. The van der Waals surface area contributed by atoms with Crippen molar-refractivity contribution >= 4 is 45.0 Å². The van der Waals surface area contributed by atoms with Crippen molar-refractivity contribution in [3.05, 3.63) is 25.6 Å². The van der Waals surface area contributed by atoms with Gasteiger partial charge in [0.05, 0.1) is 6.61 Å². The summed E-state index contributed by atoms with van der Waals surface area (Å²) in [7, 11) is 0. The number of carbonyl (C=O) groups excluding carboxylic acids is 3. The Morgan fingerprint density at radius 1 is 0.971 bits per heavy atom. The second-order valence-electron chi connectivity index (χ2n) is 7.52. The van der Waals surface area contributed by atoms with Crippen molar-refractivity contribution in [3.8, 4) is 0 Å². The van der Waals surface area contributed by atoms with Crippen molar-refractivity contribution in [3.63, 3.8) is 0 Å². The summed E-state index contributed by atoms with van der Waals surface area (Å²) in [4.78, 5) is 65.6. The van der Waals surface area contributed by atoms with Gasteiger partial charge in [0.15, 0.2) is 40.4 Å². The monoisotopic (exact) mass is 544 g/mol. The van der Waals surface area contributed by atoms with E-state index in [-0.39, 0.29) is 35.6 Å². The number of aryl methyl sites for hydroxylation is 1. The first kappa shape index (κ1) is 25.6. The Balaban J connectivity index is 2.27. The highest BCUT2D eigenvalue weighted by Crippen LogP contribution is 2.34. The third kappa shape index (κ3) is 4.64. The number of hydrogen-bond acceptors (Lipinski definition) is 10. The van der Waals surface area contributed by atoms with Crippen LogP contribution in [0, 0.1) is 0 Å². The van der Waals surface area contributed by atoms with Crippen LogP contribution in [0.4, 0.5) is 0 Å². The molecular weight excluding hydrogens is 520 g/mol. The molecule has 0 radical (unpaired) electrons. The van der Waals surface area contributed by atoms with Gasteiger partial charge in [-0.1, -0.05) is 0 Å². The first-order chi connectivity index (χ1) is 16.0. The lowest BCUT2D eigenvalue weighted by Crippen LogP contribution is -2.55. The Kier molecular flexibility index (Phi) is 7.60. The Morgan fingerprint density at radius 3 is 2.06 bits per heavy atom. The molecule has 0 amide bonds. The summed E-state index contributed by atoms with van der Waals surface area (Å²) < 4.78 is 25.9. The van der Waals surface area contributed by atoms with Crippen LogP contribution < -0.4 is 11.2 Å². The SMILES string of the molecule is CCn1c(=O)c2nc(Br)n(C3OCC(OC(C)=O)C(OC(C)=O)C3OC(C)=O)c2n(CC)c1=O. The molecule has 4 unspecified atom stereocenters. The predicted molar refractivity (Wildman–Crippen MR) is 119 cm³/mol. The van der Waals surface area contributed by atoms with Gasteiger partial charge in [-0.3, -0.25) is 32.9 Å². The molecule has 34 heavy (non-hydrogen) atoms. The maximum Gasteiger partial charge on any atom is 0.332 e. The average Bonchev–Trinajstić information content (AvgIpc) is 3.07. The number of ether oxygens (including phenoxy) is 4. The van der Waals surface area contributed by atoms with Crippen LogP contribution in [-0.4, -0.2) is 61.5 Å². The Hall–Kier alpha value is -3.00. The Bertz CT molecular complexity index is 1250. The van der Waals surface area contributed by atoms with E-state index >= 15 is 0 Å². The van der Waals surface area contributed by atoms with Crippen molar-refractivity contribution in [1.82, 2.24) is 18.7 Å². The largest absolute Gasteiger partial charge is 0.456 e. The lowest BCUT2D eigenvalue weighted by molar-refractivity contribution is -0.239. The van der Waals surface area contributed by atoms with Gasteiger partial charge >= 0.3 is 23.6 Å². The van der Waals surface area contributed by atoms with Crippen LogP contribution in [0.15, 0.2) is 14.3 Å². The van der Waals surface area contributed by atoms with E-state index in [0.717, 1.165) is 18.4 Å². The second-order valence-corrected chi connectivity index (χ2v) is 8.23. The maximum absolute atomic E-state index is 13.0. The van der Waals surface area contributed by atoms with Crippen LogP contribution >= 0.6 is 15.9 Å². The quantitative estimate of drug-likeness (QED) is 0.285. The summed E-state index contributed by atoms with van der Waals surface area (Å²) >= 11 is 3.31. The highest BCUT2D eigenvalue weighted by molar-refractivity contribution is 9.10. The van der Waals surface area contributed by atoms with Crippen molar-refractivity contribution in [2.45, 2.75) is 72.2 Å². The normalized spacial score (nSPS) is 22.4. The standard InChI is InChI=1S/C20H25BrN4O9/c1-6-23-16-13(17(29)24(7-2)20(23)30)22-19(21)25(16)18-15(34-11(5)28)14(33-10(4)27)12(8-31-18)32-9(3)26/h12,14-15,18H,6-8H2,1-5H3. The molecule has 0 spiro atoms. The number of halogens is 1. The van der Waals surface area contributed by atoms with Crippen LogP contribution in [0.2, 0.25) is 0 Å². The number of hydrogen-bond donors (Lipinski definition) is 0. The molecule has 0 saturated carbocycles. The summed E-state index contributed by atoms with van der Waals surface area (Å²) in [6.45, 7) is 6.99. The summed E-state index contributed by atoms with van der Waals surface area (Å²) in [5.74, 6) is -2.08. The zero-order chi connectivity index (χ0) is 25.3. The van der Waals surface area contributed by atoms with Gasteiger partial charge < -0.3 is 18.9 Å². The second kappa shape index (κ2) is 10.1. The number of carbonyl (C=O) groups is 3. The van der Waals surface area contributed by atoms with Crippen LogP contribution in [0.3, 0.4) is 0 Å². The van der Waals surface area contributed by atoms with Gasteiger partial charge in [0.2, 0.25) is 0 Å². The molecule has 0 bridgehead atoms. The van der Waals surface area contributed by atoms with Gasteiger partial charge in [-0.05, 0) is 29.8 Å². The van der Waals surface area contributed by atoms with E-state index < -0.39 is 53.7 Å². The third-order valence-electron chi connectivity index (χ3n) is 5.22. The molecule has 3 heterocycles. The summed E-state index contributed by atoms with van der Waals surface area (Å²) in [5, 5.41) is 0. The molecule has 186 valence electrons. The van der Waals surface area contributed by atoms with Crippen LogP contribution in [0.5, 0.6) is 0 Å². The van der Waals surface area contributed by atoms with E-state index in [0.29, 0.717) is 0 Å². The highest BCUT2D eigenvalue weighted by Gasteiger charge is 2.49. The van der Waals surface area contributed by atoms with E-state index in [9.17, 15) is 24.0 Å². The molecule has 1 aliphatic rings. The number of imidazole rings is 1. The minimum Gasteiger partial charge on any atom is -0.456 e. The lowest BCUT2D eigenvalue weighted by atomic mass is 10.0. The fourth-order valence-electron chi connectivity index (χ4n) is 3.98. The first-order valence-corrected chi connectivity index (χ1v) is 11.3. The molecule has 4 atom stereocenters. The van der Waals surface area contributed by atoms with Gasteiger partial charge in [0, 0.05) is 33.9 Å². The fraction of sp³-hybridized carbons (Fsp3) is 0.600. The number of esters is 3. The Labute approximate surface area is 201 Å². The third-order valence-corrected chi connectivity index (χ3v) is 5.78. The summed E-state index contributed by atoms with van der Waals surface area (Å²) in [5.41, 5.74) is -1.03.